The Hall–Kier alpha value is -3.08. The van der Waals surface area contributed by atoms with Gasteiger partial charge in [-0.3, -0.25) is 9.59 Å². The van der Waals surface area contributed by atoms with Crippen molar-refractivity contribution in [3.05, 3.63) is 65.9 Å². The monoisotopic (exact) mass is 435 g/mol. The lowest BCUT2D eigenvalue weighted by atomic mass is 10.0. The van der Waals surface area contributed by atoms with Gasteiger partial charge < -0.3 is 14.4 Å². The molecule has 0 saturated carbocycles. The lowest BCUT2D eigenvalue weighted by molar-refractivity contribution is -0.136. The van der Waals surface area contributed by atoms with Gasteiger partial charge >= 0.3 is 5.97 Å². The second kappa shape index (κ2) is 12.1. The lowest BCUT2D eigenvalue weighted by Crippen LogP contribution is -2.17. The fourth-order valence-electron chi connectivity index (χ4n) is 4.02. The van der Waals surface area contributed by atoms with Gasteiger partial charge in [0.1, 0.15) is 12.4 Å². The molecule has 5 nitrogen and oxygen atoms in total. The Bertz CT molecular complexity index is 1020. The number of aryl methyl sites for hydroxylation is 1. The summed E-state index contributed by atoms with van der Waals surface area (Å²) in [4.78, 5) is 23.7. The molecule has 0 spiro atoms. The Balaban J connectivity index is 1.48. The Kier molecular flexibility index (Phi) is 8.90. The zero-order valence-electron chi connectivity index (χ0n) is 18.9. The second-order valence-electron chi connectivity index (χ2n) is 8.36. The fourth-order valence-corrected chi connectivity index (χ4v) is 4.02. The molecule has 5 heteroatoms. The molecule has 1 aromatic heterocycles. The summed E-state index contributed by atoms with van der Waals surface area (Å²) >= 11 is 0. The van der Waals surface area contributed by atoms with Crippen LogP contribution in [0.5, 0.6) is 5.75 Å². The Morgan fingerprint density at radius 3 is 2.41 bits per heavy atom. The summed E-state index contributed by atoms with van der Waals surface area (Å²) in [6, 6.07) is 15.5. The van der Waals surface area contributed by atoms with Crippen LogP contribution in [0.15, 0.2) is 54.7 Å². The molecule has 32 heavy (non-hydrogen) atoms. The molecular weight excluding hydrogens is 402 g/mol. The molecule has 2 aromatic carbocycles. The third-order valence-electron chi connectivity index (χ3n) is 5.70. The molecule has 0 saturated heterocycles. The number of ketones is 1. The van der Waals surface area contributed by atoms with E-state index in [9.17, 15) is 9.59 Å². The smallest absolute Gasteiger partial charge is 0.307 e. The quantitative estimate of drug-likeness (QED) is 0.324. The van der Waals surface area contributed by atoms with E-state index in [1.165, 1.54) is 44.1 Å². The van der Waals surface area contributed by atoms with Crippen molar-refractivity contribution in [2.24, 2.45) is 0 Å². The maximum absolute atomic E-state index is 12.5. The number of carbonyl (C=O) groups excluding carboxylic acids is 1. The van der Waals surface area contributed by atoms with Crippen molar-refractivity contribution >= 4 is 22.7 Å². The summed E-state index contributed by atoms with van der Waals surface area (Å²) < 4.78 is 7.50. The predicted octanol–water partition coefficient (Wildman–Crippen LogP) is 5.82. The number of unbranched alkanes of at least 4 members (excludes halogenated alkanes) is 5. The minimum Gasteiger partial charge on any atom is -0.486 e. The van der Waals surface area contributed by atoms with E-state index in [-0.39, 0.29) is 25.4 Å². The molecule has 1 heterocycles. The van der Waals surface area contributed by atoms with Crippen molar-refractivity contribution in [3.63, 3.8) is 0 Å². The zero-order valence-corrected chi connectivity index (χ0v) is 18.9. The number of rotatable bonds is 14. The van der Waals surface area contributed by atoms with Gasteiger partial charge in [-0.2, -0.15) is 0 Å². The number of Topliss-reactive ketones (excluding diaryl/α,β-unsaturated/α-hetero) is 1. The molecule has 0 fully saturated rings. The van der Waals surface area contributed by atoms with E-state index in [1.54, 1.807) is 6.20 Å². The van der Waals surface area contributed by atoms with Crippen molar-refractivity contribution in [2.45, 2.75) is 64.8 Å². The highest BCUT2D eigenvalue weighted by Crippen LogP contribution is 2.22. The maximum atomic E-state index is 12.5. The number of aromatic nitrogens is 1. The maximum Gasteiger partial charge on any atom is 0.307 e. The summed E-state index contributed by atoms with van der Waals surface area (Å²) in [6.45, 7) is 2.37. The standard InChI is InChI=1S/C27H33NO4/c1-2-3-4-5-6-7-10-21-13-15-24(16-14-21)32-20-23(29)19-28-18-22(17-27(30)31)25-11-8-9-12-26(25)28/h8-9,11-16,18H,2-7,10,17,19-20H2,1H3,(H,30,31). The minimum absolute atomic E-state index is 0.0163. The molecule has 3 aromatic rings. The normalized spacial score (nSPS) is 11.0. The number of carboxylic acid groups (broad SMARTS) is 1. The van der Waals surface area contributed by atoms with Crippen LogP contribution in [0.4, 0.5) is 0 Å². The van der Waals surface area contributed by atoms with Crippen LogP contribution in [0.2, 0.25) is 0 Å². The highest BCUT2D eigenvalue weighted by molar-refractivity contribution is 5.89. The molecule has 3 rings (SSSR count). The van der Waals surface area contributed by atoms with E-state index < -0.39 is 5.97 Å². The largest absolute Gasteiger partial charge is 0.486 e. The number of aliphatic carboxylic acids is 1. The van der Waals surface area contributed by atoms with Gasteiger partial charge in [0.25, 0.3) is 0 Å². The lowest BCUT2D eigenvalue weighted by Gasteiger charge is -2.08. The molecule has 0 aliphatic rings. The summed E-state index contributed by atoms with van der Waals surface area (Å²) in [5, 5.41) is 10.0. The summed E-state index contributed by atoms with van der Waals surface area (Å²) in [6.07, 6.45) is 10.5. The average Bonchev–Trinajstić information content (AvgIpc) is 3.12. The van der Waals surface area contributed by atoms with Crippen LogP contribution in [0, 0.1) is 0 Å². The SMILES string of the molecule is CCCCCCCCc1ccc(OCC(=O)Cn2cc(CC(=O)O)c3ccccc32)cc1. The van der Waals surface area contributed by atoms with E-state index in [2.05, 4.69) is 19.1 Å². The number of carbonyl (C=O) groups is 2. The van der Waals surface area contributed by atoms with E-state index >= 15 is 0 Å². The van der Waals surface area contributed by atoms with Gasteiger partial charge in [-0.05, 0) is 42.2 Å². The fraction of sp³-hybridized carbons (Fsp3) is 0.407. The third-order valence-corrected chi connectivity index (χ3v) is 5.70. The van der Waals surface area contributed by atoms with Crippen LogP contribution in [0.3, 0.4) is 0 Å². The van der Waals surface area contributed by atoms with Crippen molar-refractivity contribution in [3.8, 4) is 5.75 Å². The van der Waals surface area contributed by atoms with Crippen LogP contribution in [-0.4, -0.2) is 28.0 Å². The Morgan fingerprint density at radius 2 is 1.66 bits per heavy atom. The van der Waals surface area contributed by atoms with Crippen molar-refractivity contribution in [2.75, 3.05) is 6.61 Å². The highest BCUT2D eigenvalue weighted by Gasteiger charge is 2.13. The number of carboxylic acids is 1. The highest BCUT2D eigenvalue weighted by atomic mass is 16.5. The zero-order chi connectivity index (χ0) is 22.8. The van der Waals surface area contributed by atoms with Gasteiger partial charge in [-0.1, -0.05) is 69.4 Å². The third kappa shape index (κ3) is 6.98. The van der Waals surface area contributed by atoms with Crippen molar-refractivity contribution in [1.29, 1.82) is 0 Å². The summed E-state index contributed by atoms with van der Waals surface area (Å²) in [5.74, 6) is -0.264. The average molecular weight is 436 g/mol. The molecule has 0 atom stereocenters. The molecule has 0 amide bonds. The van der Waals surface area contributed by atoms with E-state index in [4.69, 9.17) is 9.84 Å². The Morgan fingerprint density at radius 1 is 0.938 bits per heavy atom. The van der Waals surface area contributed by atoms with Gasteiger partial charge in [0.15, 0.2) is 5.78 Å². The first-order chi connectivity index (χ1) is 15.6. The van der Waals surface area contributed by atoms with Gasteiger partial charge in [0.05, 0.1) is 13.0 Å². The second-order valence-corrected chi connectivity index (χ2v) is 8.36. The number of benzene rings is 2. The van der Waals surface area contributed by atoms with Gasteiger partial charge in [-0.15, -0.1) is 0 Å². The number of fused-ring (bicyclic) bond motifs is 1. The molecule has 0 aliphatic heterocycles. The molecule has 0 aliphatic carbocycles. The van der Waals surface area contributed by atoms with Gasteiger partial charge in [0, 0.05) is 17.1 Å². The van der Waals surface area contributed by atoms with Crippen LogP contribution in [0.25, 0.3) is 10.9 Å². The topological polar surface area (TPSA) is 68.5 Å². The molecule has 0 bridgehead atoms. The van der Waals surface area contributed by atoms with E-state index in [0.29, 0.717) is 11.3 Å². The molecular formula is C27H33NO4. The summed E-state index contributed by atoms with van der Waals surface area (Å²) in [5.41, 5.74) is 2.86. The van der Waals surface area contributed by atoms with Crippen LogP contribution < -0.4 is 4.74 Å². The minimum atomic E-state index is -0.887. The molecule has 0 radical (unpaired) electrons. The summed E-state index contributed by atoms with van der Waals surface area (Å²) in [7, 11) is 0. The Labute approximate surface area is 190 Å². The first kappa shape index (κ1) is 23.6. The number of hydrogen-bond donors (Lipinski definition) is 1. The number of hydrogen-bond acceptors (Lipinski definition) is 3. The van der Waals surface area contributed by atoms with Gasteiger partial charge in [-0.25, -0.2) is 0 Å². The van der Waals surface area contributed by atoms with Crippen LogP contribution in [0.1, 0.15) is 56.6 Å². The van der Waals surface area contributed by atoms with E-state index in [1.807, 2.05) is 41.0 Å². The number of ether oxygens (including phenoxy) is 1. The van der Waals surface area contributed by atoms with Crippen molar-refractivity contribution in [1.82, 2.24) is 4.57 Å². The van der Waals surface area contributed by atoms with E-state index in [0.717, 1.165) is 17.3 Å². The molecule has 0 unspecified atom stereocenters. The van der Waals surface area contributed by atoms with Crippen LogP contribution >= 0.6 is 0 Å². The molecule has 170 valence electrons. The number of para-hydroxylation sites is 1. The first-order valence-electron chi connectivity index (χ1n) is 11.6. The first-order valence-corrected chi connectivity index (χ1v) is 11.6. The number of nitrogens with zero attached hydrogens (tertiary/aromatic N) is 1. The van der Waals surface area contributed by atoms with Gasteiger partial charge in [0.2, 0.25) is 0 Å². The van der Waals surface area contributed by atoms with Crippen LogP contribution in [-0.2, 0) is 29.0 Å². The van der Waals surface area contributed by atoms with Crippen molar-refractivity contribution < 1.29 is 19.4 Å². The predicted molar refractivity (Wildman–Crippen MR) is 127 cm³/mol. The molecule has 1 N–H and O–H groups in total.